The Bertz CT molecular complexity index is 1260. The number of nitrogens with zero attached hydrogens (tertiary/aromatic N) is 3. The number of fused-ring (bicyclic) bond motifs is 1. The van der Waals surface area contributed by atoms with Gasteiger partial charge in [0.05, 0.1) is 24.1 Å². The zero-order valence-electron chi connectivity index (χ0n) is 17.7. The van der Waals surface area contributed by atoms with E-state index in [0.717, 1.165) is 5.56 Å². The maximum Gasteiger partial charge on any atom is 0.409 e. The van der Waals surface area contributed by atoms with E-state index in [1.165, 1.54) is 4.57 Å². The molecular weight excluding hydrogens is 428 g/mol. The Hall–Kier alpha value is -3.46. The SMILES string of the molecule is CCOC(=O)N1CCN(C(=O)c2ccc(Cn3c(=S)[nH]c4ccccc4c3=O)cc2)CC1. The second-order valence-corrected chi connectivity index (χ2v) is 7.93. The third kappa shape index (κ3) is 4.43. The van der Waals surface area contributed by atoms with Gasteiger partial charge in [0.2, 0.25) is 0 Å². The molecule has 166 valence electrons. The average molecular weight is 453 g/mol. The first-order chi connectivity index (χ1) is 15.5. The number of hydrogen-bond acceptors (Lipinski definition) is 5. The van der Waals surface area contributed by atoms with Crippen molar-refractivity contribution in [2.75, 3.05) is 32.8 Å². The summed E-state index contributed by atoms with van der Waals surface area (Å²) in [6, 6.07) is 14.4. The van der Waals surface area contributed by atoms with E-state index >= 15 is 0 Å². The van der Waals surface area contributed by atoms with E-state index < -0.39 is 0 Å². The lowest BCUT2D eigenvalue weighted by molar-refractivity contribution is 0.0570. The van der Waals surface area contributed by atoms with Crippen molar-refractivity contribution in [2.24, 2.45) is 0 Å². The van der Waals surface area contributed by atoms with Gasteiger partial charge in [-0.1, -0.05) is 24.3 Å². The van der Waals surface area contributed by atoms with Gasteiger partial charge in [-0.05, 0) is 49.0 Å². The second kappa shape index (κ2) is 9.35. The minimum Gasteiger partial charge on any atom is -0.450 e. The zero-order valence-corrected chi connectivity index (χ0v) is 18.6. The Labute approximate surface area is 190 Å². The van der Waals surface area contributed by atoms with Crippen LogP contribution in [0, 0.1) is 4.77 Å². The van der Waals surface area contributed by atoms with Gasteiger partial charge < -0.3 is 19.5 Å². The molecule has 1 saturated heterocycles. The highest BCUT2D eigenvalue weighted by molar-refractivity contribution is 7.71. The van der Waals surface area contributed by atoms with Crippen molar-refractivity contribution < 1.29 is 14.3 Å². The molecule has 2 amide bonds. The molecule has 0 saturated carbocycles. The molecule has 2 aromatic carbocycles. The van der Waals surface area contributed by atoms with Crippen LogP contribution in [0.1, 0.15) is 22.8 Å². The topological polar surface area (TPSA) is 87.6 Å². The van der Waals surface area contributed by atoms with Gasteiger partial charge in [-0.3, -0.25) is 14.2 Å². The lowest BCUT2D eigenvalue weighted by Gasteiger charge is -2.34. The maximum atomic E-state index is 12.8. The zero-order chi connectivity index (χ0) is 22.7. The summed E-state index contributed by atoms with van der Waals surface area (Å²) < 4.78 is 6.89. The van der Waals surface area contributed by atoms with Crippen molar-refractivity contribution in [3.05, 3.63) is 74.8 Å². The number of aromatic amines is 1. The van der Waals surface area contributed by atoms with Crippen molar-refractivity contribution >= 4 is 35.1 Å². The molecule has 0 bridgehead atoms. The van der Waals surface area contributed by atoms with E-state index in [4.69, 9.17) is 17.0 Å². The third-order valence-corrected chi connectivity index (χ3v) is 5.85. The van der Waals surface area contributed by atoms with E-state index in [0.29, 0.717) is 60.6 Å². The monoisotopic (exact) mass is 452 g/mol. The molecule has 2 heterocycles. The van der Waals surface area contributed by atoms with Gasteiger partial charge in [0.1, 0.15) is 0 Å². The first-order valence-electron chi connectivity index (χ1n) is 10.5. The summed E-state index contributed by atoms with van der Waals surface area (Å²) in [7, 11) is 0. The number of ether oxygens (including phenoxy) is 1. The van der Waals surface area contributed by atoms with Crippen LogP contribution in [0.4, 0.5) is 4.79 Å². The maximum absolute atomic E-state index is 12.8. The number of amides is 2. The van der Waals surface area contributed by atoms with Crippen molar-refractivity contribution in [3.8, 4) is 0 Å². The van der Waals surface area contributed by atoms with Crippen molar-refractivity contribution in [3.63, 3.8) is 0 Å². The number of para-hydroxylation sites is 1. The summed E-state index contributed by atoms with van der Waals surface area (Å²) in [5, 5.41) is 0.579. The largest absolute Gasteiger partial charge is 0.450 e. The summed E-state index contributed by atoms with van der Waals surface area (Å²) in [5.74, 6) is -0.0831. The minimum absolute atomic E-state index is 0.0831. The first kappa shape index (κ1) is 21.8. The highest BCUT2D eigenvalue weighted by Gasteiger charge is 2.25. The van der Waals surface area contributed by atoms with Crippen LogP contribution in [0.2, 0.25) is 0 Å². The quantitative estimate of drug-likeness (QED) is 0.615. The highest BCUT2D eigenvalue weighted by atomic mass is 32.1. The van der Waals surface area contributed by atoms with E-state index in [-0.39, 0.29) is 17.6 Å². The number of piperazine rings is 1. The van der Waals surface area contributed by atoms with Crippen LogP contribution in [0.5, 0.6) is 0 Å². The van der Waals surface area contributed by atoms with Gasteiger partial charge in [-0.2, -0.15) is 0 Å². The molecule has 0 unspecified atom stereocenters. The van der Waals surface area contributed by atoms with Gasteiger partial charge in [0.25, 0.3) is 11.5 Å². The summed E-state index contributed by atoms with van der Waals surface area (Å²) in [5.41, 5.74) is 1.99. The fourth-order valence-corrected chi connectivity index (χ4v) is 4.02. The molecule has 1 fully saturated rings. The highest BCUT2D eigenvalue weighted by Crippen LogP contribution is 2.13. The van der Waals surface area contributed by atoms with Crippen LogP contribution < -0.4 is 5.56 Å². The fraction of sp³-hybridized carbons (Fsp3) is 0.304. The number of rotatable bonds is 4. The molecule has 1 aromatic heterocycles. The standard InChI is InChI=1S/C23H24N4O4S/c1-2-31-23(30)26-13-11-25(12-14-26)20(28)17-9-7-16(8-10-17)15-27-21(29)18-5-3-4-6-19(18)24-22(27)32/h3-10H,2,11-15H2,1H3,(H,24,32). The molecule has 4 rings (SSSR count). The molecule has 3 aromatic rings. The van der Waals surface area contributed by atoms with Crippen LogP contribution in [0.25, 0.3) is 10.9 Å². The van der Waals surface area contributed by atoms with Crippen LogP contribution in [0.3, 0.4) is 0 Å². The molecule has 0 spiro atoms. The molecule has 0 aliphatic carbocycles. The van der Waals surface area contributed by atoms with Crippen LogP contribution in [-0.4, -0.2) is 64.1 Å². The molecule has 32 heavy (non-hydrogen) atoms. The summed E-state index contributed by atoms with van der Waals surface area (Å²) in [6.45, 7) is 4.23. The summed E-state index contributed by atoms with van der Waals surface area (Å²) in [6.07, 6.45) is -0.341. The van der Waals surface area contributed by atoms with E-state index in [1.54, 1.807) is 34.9 Å². The Balaban J connectivity index is 1.45. The van der Waals surface area contributed by atoms with Crippen molar-refractivity contribution in [1.29, 1.82) is 0 Å². The van der Waals surface area contributed by atoms with Gasteiger partial charge >= 0.3 is 6.09 Å². The number of carbonyl (C=O) groups excluding carboxylic acids is 2. The lowest BCUT2D eigenvalue weighted by atomic mass is 10.1. The van der Waals surface area contributed by atoms with Crippen molar-refractivity contribution in [2.45, 2.75) is 13.5 Å². The number of aromatic nitrogens is 2. The molecule has 1 aliphatic rings. The molecule has 9 heteroatoms. The minimum atomic E-state index is -0.341. The van der Waals surface area contributed by atoms with Crippen LogP contribution in [-0.2, 0) is 11.3 Å². The van der Waals surface area contributed by atoms with E-state index in [2.05, 4.69) is 4.98 Å². The van der Waals surface area contributed by atoms with E-state index in [1.807, 2.05) is 30.3 Å². The van der Waals surface area contributed by atoms with Crippen LogP contribution >= 0.6 is 12.2 Å². The Kier molecular flexibility index (Phi) is 6.36. The van der Waals surface area contributed by atoms with Crippen molar-refractivity contribution in [1.82, 2.24) is 19.4 Å². The van der Waals surface area contributed by atoms with Gasteiger partial charge in [-0.25, -0.2) is 4.79 Å². The molecule has 0 atom stereocenters. The van der Waals surface area contributed by atoms with E-state index in [9.17, 15) is 14.4 Å². The molecule has 1 aliphatic heterocycles. The van der Waals surface area contributed by atoms with Gasteiger partial charge in [-0.15, -0.1) is 0 Å². The first-order valence-corrected chi connectivity index (χ1v) is 10.9. The smallest absolute Gasteiger partial charge is 0.409 e. The molecule has 0 radical (unpaired) electrons. The number of hydrogen-bond donors (Lipinski definition) is 1. The summed E-state index contributed by atoms with van der Waals surface area (Å²) >= 11 is 5.37. The van der Waals surface area contributed by atoms with Gasteiger partial charge in [0, 0.05) is 31.7 Å². The lowest BCUT2D eigenvalue weighted by Crippen LogP contribution is -2.50. The number of carbonyl (C=O) groups is 2. The average Bonchev–Trinajstić information content (AvgIpc) is 2.82. The second-order valence-electron chi connectivity index (χ2n) is 7.54. The fourth-order valence-electron chi connectivity index (χ4n) is 3.77. The number of nitrogens with one attached hydrogen (secondary N) is 1. The molecule has 1 N–H and O–H groups in total. The molecular formula is C23H24N4O4S. The number of H-pyrrole nitrogens is 1. The normalized spacial score (nSPS) is 13.9. The molecule has 8 nitrogen and oxygen atoms in total. The Morgan fingerprint density at radius 3 is 2.34 bits per heavy atom. The predicted molar refractivity (Wildman–Crippen MR) is 123 cm³/mol. The Morgan fingerprint density at radius 2 is 1.66 bits per heavy atom. The van der Waals surface area contributed by atoms with Crippen LogP contribution in [0.15, 0.2) is 53.3 Å². The predicted octanol–water partition coefficient (Wildman–Crippen LogP) is 3.02. The Morgan fingerprint density at radius 1 is 1.00 bits per heavy atom. The number of benzene rings is 2. The van der Waals surface area contributed by atoms with Gasteiger partial charge in [0.15, 0.2) is 4.77 Å². The third-order valence-electron chi connectivity index (χ3n) is 5.52. The summed E-state index contributed by atoms with van der Waals surface area (Å²) in [4.78, 5) is 43.9.